The van der Waals surface area contributed by atoms with Gasteiger partial charge in [-0.3, -0.25) is 0 Å². The van der Waals surface area contributed by atoms with E-state index < -0.39 is 0 Å². The van der Waals surface area contributed by atoms with Crippen molar-refractivity contribution in [2.45, 2.75) is 6.92 Å². The van der Waals surface area contributed by atoms with Crippen LogP contribution in [0.4, 0.5) is 0 Å². The molecule has 2 nitrogen and oxygen atoms in total. The van der Waals surface area contributed by atoms with Crippen LogP contribution in [-0.2, 0) is 0 Å². The highest BCUT2D eigenvalue weighted by molar-refractivity contribution is 6.13. The Labute approximate surface area is 438 Å². The molecule has 0 fully saturated rings. The third kappa shape index (κ3) is 8.29. The van der Waals surface area contributed by atoms with E-state index in [1.54, 1.807) is 0 Å². The second kappa shape index (κ2) is 19.3. The largest absolute Gasteiger partial charge is 0.309 e. The Morgan fingerprint density at radius 3 is 1.33 bits per heavy atom. The van der Waals surface area contributed by atoms with Crippen molar-refractivity contribution in [3.8, 4) is 78.1 Å². The summed E-state index contributed by atoms with van der Waals surface area (Å²) in [5.74, 6) is 0. The molecule has 0 aliphatic heterocycles. The van der Waals surface area contributed by atoms with E-state index in [1.807, 2.05) is 12.2 Å². The van der Waals surface area contributed by atoms with E-state index >= 15 is 0 Å². The quantitative estimate of drug-likeness (QED) is 0.114. The highest BCUT2D eigenvalue weighted by Gasteiger charge is 2.18. The number of para-hydroxylation sites is 3. The first kappa shape index (κ1) is 45.1. The maximum Gasteiger partial charge on any atom is 0.0541 e. The van der Waals surface area contributed by atoms with Gasteiger partial charge >= 0.3 is 0 Å². The van der Waals surface area contributed by atoms with E-state index in [0.29, 0.717) is 0 Å². The average molecular weight is 957 g/mol. The van der Waals surface area contributed by atoms with E-state index in [-0.39, 0.29) is 0 Å². The van der Waals surface area contributed by atoms with Crippen LogP contribution in [0.1, 0.15) is 12.5 Å². The number of benzene rings is 11. The van der Waals surface area contributed by atoms with E-state index in [9.17, 15) is 0 Å². The molecule has 0 atom stereocenters. The number of nitrogens with zero attached hydrogens (tertiary/aromatic N) is 2. The standard InChI is InChI=1S/C73H52N2/c1-3-4-6-19-50(2)62-26-11-14-31-69(62)75-71-33-16-13-30-66(71)68-49-60(41-45-73(68)75)59-40-44-72-67(48-59)65-29-12-15-32-70(65)74(72)61-42-38-54(39-43-61)64-28-10-9-27-63(64)53-36-34-52(35-37-53)56-23-18-25-58(47-56)57-24-17-22-55(46-57)51-20-7-5-8-21-51/h3-49H,1H2,2H3/b6-4-,50-19+. The van der Waals surface area contributed by atoms with Crippen molar-refractivity contribution in [1.29, 1.82) is 0 Å². The SMILES string of the molecule is C=C/C=C\C=C(/C)c1ccccc1-n1c2ccccc2c2cc(-c3ccc4c(c3)c3ccccc3n4-c3ccc(-c4ccccc4-c4ccc(-c5cccc(-c6cccc(-c7ccccc7)c6)c5)cc4)cc3)ccc21. The Kier molecular flexibility index (Phi) is 11.6. The summed E-state index contributed by atoms with van der Waals surface area (Å²) in [4.78, 5) is 0. The fourth-order valence-corrected chi connectivity index (χ4v) is 11.2. The first-order valence-electron chi connectivity index (χ1n) is 25.8. The van der Waals surface area contributed by atoms with E-state index in [1.165, 1.54) is 122 Å². The lowest BCUT2D eigenvalue weighted by atomic mass is 9.92. The molecular formula is C73H52N2. The maximum atomic E-state index is 3.85. The summed E-state index contributed by atoms with van der Waals surface area (Å²) >= 11 is 0. The Bertz CT molecular complexity index is 4350. The number of rotatable bonds is 11. The first-order chi connectivity index (χ1) is 37.1. The van der Waals surface area contributed by atoms with Crippen molar-refractivity contribution in [2.75, 3.05) is 0 Å². The van der Waals surface area contributed by atoms with Gasteiger partial charge in [0, 0.05) is 32.8 Å². The molecular weight excluding hydrogens is 905 g/mol. The smallest absolute Gasteiger partial charge is 0.0541 e. The van der Waals surface area contributed by atoms with Crippen molar-refractivity contribution in [2.24, 2.45) is 0 Å². The van der Waals surface area contributed by atoms with Crippen LogP contribution in [-0.4, -0.2) is 9.13 Å². The molecule has 13 aromatic rings. The van der Waals surface area contributed by atoms with Crippen molar-refractivity contribution in [3.63, 3.8) is 0 Å². The van der Waals surface area contributed by atoms with Crippen LogP contribution in [0.5, 0.6) is 0 Å². The van der Waals surface area contributed by atoms with Gasteiger partial charge in [-0.15, -0.1) is 0 Å². The molecule has 0 bridgehead atoms. The molecule has 0 N–H and O–H groups in total. The highest BCUT2D eigenvalue weighted by Crippen LogP contribution is 2.41. The minimum absolute atomic E-state index is 1.13. The Balaban J connectivity index is 0.809. The number of hydrogen-bond donors (Lipinski definition) is 0. The van der Waals surface area contributed by atoms with Crippen molar-refractivity contribution >= 4 is 49.2 Å². The molecule has 0 unspecified atom stereocenters. The normalized spacial score (nSPS) is 11.9. The summed E-state index contributed by atoms with van der Waals surface area (Å²) in [5, 5.41) is 4.93. The fraction of sp³-hybridized carbons (Fsp3) is 0.0137. The Morgan fingerprint density at radius 1 is 0.320 bits per heavy atom. The molecule has 13 rings (SSSR count). The molecule has 0 spiro atoms. The second-order valence-electron chi connectivity index (χ2n) is 19.4. The molecule has 75 heavy (non-hydrogen) atoms. The molecule has 2 aromatic heterocycles. The molecule has 0 saturated heterocycles. The topological polar surface area (TPSA) is 9.86 Å². The highest BCUT2D eigenvalue weighted by atomic mass is 15.0. The van der Waals surface area contributed by atoms with Crippen molar-refractivity contribution in [1.82, 2.24) is 9.13 Å². The van der Waals surface area contributed by atoms with Crippen LogP contribution in [0, 0.1) is 0 Å². The van der Waals surface area contributed by atoms with Gasteiger partial charge in [-0.1, -0.05) is 225 Å². The molecule has 0 saturated carbocycles. The van der Waals surface area contributed by atoms with Gasteiger partial charge in [0.05, 0.1) is 27.8 Å². The van der Waals surface area contributed by atoms with Gasteiger partial charge < -0.3 is 9.13 Å². The summed E-state index contributed by atoms with van der Waals surface area (Å²) < 4.78 is 4.83. The zero-order valence-electron chi connectivity index (χ0n) is 41.7. The van der Waals surface area contributed by atoms with E-state index in [4.69, 9.17) is 0 Å². The lowest BCUT2D eigenvalue weighted by Crippen LogP contribution is -1.98. The van der Waals surface area contributed by atoms with Gasteiger partial charge in [0.25, 0.3) is 0 Å². The molecule has 2 heteroatoms. The minimum Gasteiger partial charge on any atom is -0.309 e. The summed E-state index contributed by atoms with van der Waals surface area (Å²) in [6.07, 6.45) is 7.99. The van der Waals surface area contributed by atoms with Crippen LogP contribution < -0.4 is 0 Å². The van der Waals surface area contributed by atoms with Crippen LogP contribution >= 0.6 is 0 Å². The van der Waals surface area contributed by atoms with Gasteiger partial charge in [0.15, 0.2) is 0 Å². The van der Waals surface area contributed by atoms with Gasteiger partial charge in [-0.2, -0.15) is 0 Å². The predicted molar refractivity (Wildman–Crippen MR) is 321 cm³/mol. The molecule has 2 heterocycles. The van der Waals surface area contributed by atoms with Gasteiger partial charge in [0.2, 0.25) is 0 Å². The maximum absolute atomic E-state index is 3.85. The van der Waals surface area contributed by atoms with Crippen LogP contribution in [0.15, 0.2) is 292 Å². The number of fused-ring (bicyclic) bond motifs is 6. The Hall–Kier alpha value is -9.76. The molecule has 0 amide bonds. The summed E-state index contributed by atoms with van der Waals surface area (Å²) in [6.45, 7) is 6.02. The van der Waals surface area contributed by atoms with E-state index in [0.717, 1.165) is 11.4 Å². The predicted octanol–water partition coefficient (Wildman–Crippen LogP) is 20.0. The van der Waals surface area contributed by atoms with Gasteiger partial charge in [-0.25, -0.2) is 0 Å². The van der Waals surface area contributed by atoms with Crippen molar-refractivity contribution < 1.29 is 0 Å². The molecule has 0 radical (unpaired) electrons. The van der Waals surface area contributed by atoms with Crippen LogP contribution in [0.25, 0.3) is 127 Å². The molecule has 0 aliphatic rings. The van der Waals surface area contributed by atoms with Gasteiger partial charge in [-0.05, 0) is 146 Å². The summed E-state index contributed by atoms with van der Waals surface area (Å²) in [7, 11) is 0. The molecule has 11 aromatic carbocycles. The molecule has 0 aliphatic carbocycles. The molecule has 354 valence electrons. The number of hydrogen-bond acceptors (Lipinski definition) is 0. The van der Waals surface area contributed by atoms with Crippen LogP contribution in [0.2, 0.25) is 0 Å². The summed E-state index contributed by atoms with van der Waals surface area (Å²) in [5.41, 5.74) is 23.8. The second-order valence-corrected chi connectivity index (χ2v) is 19.4. The third-order valence-electron chi connectivity index (χ3n) is 14.9. The zero-order valence-corrected chi connectivity index (χ0v) is 41.7. The van der Waals surface area contributed by atoms with Crippen LogP contribution in [0.3, 0.4) is 0 Å². The van der Waals surface area contributed by atoms with Crippen molar-refractivity contribution in [3.05, 3.63) is 297 Å². The number of allylic oxidation sites excluding steroid dienone is 5. The fourth-order valence-electron chi connectivity index (χ4n) is 11.2. The summed E-state index contributed by atoms with van der Waals surface area (Å²) in [6, 6.07) is 95.4. The lowest BCUT2D eigenvalue weighted by molar-refractivity contribution is 1.17. The van der Waals surface area contributed by atoms with Gasteiger partial charge in [0.1, 0.15) is 0 Å². The third-order valence-corrected chi connectivity index (χ3v) is 14.9. The minimum atomic E-state index is 1.13. The van der Waals surface area contributed by atoms with E-state index in [2.05, 4.69) is 296 Å². The Morgan fingerprint density at radius 2 is 0.733 bits per heavy atom. The average Bonchev–Trinajstić information content (AvgIpc) is 4.04. The zero-order chi connectivity index (χ0) is 50.2. The first-order valence-corrected chi connectivity index (χ1v) is 25.8. The monoisotopic (exact) mass is 956 g/mol. The number of aromatic nitrogens is 2. The lowest BCUT2D eigenvalue weighted by Gasteiger charge is -2.14.